The minimum Gasteiger partial charge on any atom is -0.379 e. The number of halogens is 1. The summed E-state index contributed by atoms with van der Waals surface area (Å²) in [6.45, 7) is 5.05. The molecule has 1 atom stereocenters. The van der Waals surface area contributed by atoms with Crippen molar-refractivity contribution in [2.24, 2.45) is 5.92 Å². The van der Waals surface area contributed by atoms with E-state index in [-0.39, 0.29) is 34.5 Å². The molecule has 1 N–H and O–H groups in total. The van der Waals surface area contributed by atoms with Gasteiger partial charge in [0.2, 0.25) is 10.0 Å². The predicted molar refractivity (Wildman–Crippen MR) is 119 cm³/mol. The van der Waals surface area contributed by atoms with E-state index in [1.807, 2.05) is 42.6 Å². The number of nitrogens with zero attached hydrogens (tertiary/aromatic N) is 4. The molecule has 9 nitrogen and oxygen atoms in total. The number of carbonyl (C=O) groups is 1. The minimum atomic E-state index is -3.85. The van der Waals surface area contributed by atoms with E-state index in [1.165, 1.54) is 22.5 Å². The van der Waals surface area contributed by atoms with Crippen LogP contribution in [0.1, 0.15) is 36.1 Å². The molecule has 1 aliphatic rings. The molecule has 0 spiro atoms. The van der Waals surface area contributed by atoms with Gasteiger partial charge >= 0.3 is 0 Å². The van der Waals surface area contributed by atoms with Crippen molar-refractivity contribution in [3.8, 4) is 0 Å². The second kappa shape index (κ2) is 9.14. The zero-order chi connectivity index (χ0) is 22.9. The fourth-order valence-electron chi connectivity index (χ4n) is 3.59. The molecular formula is C21H24ClN5O4S. The van der Waals surface area contributed by atoms with Crippen molar-refractivity contribution in [2.45, 2.75) is 24.8 Å². The molecule has 170 valence electrons. The molecule has 11 heteroatoms. The van der Waals surface area contributed by atoms with Crippen LogP contribution in [0.4, 0.5) is 0 Å². The molecule has 0 unspecified atom stereocenters. The van der Waals surface area contributed by atoms with Crippen LogP contribution < -0.4 is 5.32 Å². The number of hydrogen-bond donors (Lipinski definition) is 1. The Morgan fingerprint density at radius 3 is 2.62 bits per heavy atom. The second-order valence-corrected chi connectivity index (χ2v) is 10.2. The number of pyridine rings is 1. The van der Waals surface area contributed by atoms with Crippen LogP contribution in [0.25, 0.3) is 5.65 Å². The van der Waals surface area contributed by atoms with Crippen LogP contribution in [0.2, 0.25) is 5.02 Å². The van der Waals surface area contributed by atoms with E-state index in [2.05, 4.69) is 15.5 Å². The van der Waals surface area contributed by atoms with E-state index >= 15 is 0 Å². The average molecular weight is 478 g/mol. The Labute approximate surface area is 191 Å². The monoisotopic (exact) mass is 477 g/mol. The summed E-state index contributed by atoms with van der Waals surface area (Å²) in [6.07, 6.45) is 1.83. The third-order valence-electron chi connectivity index (χ3n) is 5.35. The van der Waals surface area contributed by atoms with Crippen LogP contribution in [0.15, 0.2) is 47.5 Å². The topological polar surface area (TPSA) is 106 Å². The van der Waals surface area contributed by atoms with E-state index in [0.29, 0.717) is 24.7 Å². The quantitative estimate of drug-likeness (QED) is 0.584. The van der Waals surface area contributed by atoms with Gasteiger partial charge in [0.15, 0.2) is 11.5 Å². The lowest BCUT2D eigenvalue weighted by Crippen LogP contribution is -2.40. The van der Waals surface area contributed by atoms with E-state index in [4.69, 9.17) is 16.3 Å². The number of ether oxygens (including phenoxy) is 1. The number of sulfonamides is 1. The number of amides is 1. The van der Waals surface area contributed by atoms with E-state index in [9.17, 15) is 13.2 Å². The maximum atomic E-state index is 13.1. The molecule has 0 bridgehead atoms. The Balaban J connectivity index is 1.63. The standard InChI is InChI=1S/C21H24ClN5O4S/c1-14(2)19(20-25-24-18-5-3-4-8-27(18)20)23-21(28)15-6-7-16(22)17(13-15)32(29,30)26-9-11-31-12-10-26/h3-8,13-14,19H,9-12H2,1-2H3,(H,23,28)/t19-/m1/s1. The minimum absolute atomic E-state index is 0.00964. The Bertz CT molecular complexity index is 1240. The zero-order valence-corrected chi connectivity index (χ0v) is 19.3. The molecule has 2 aromatic heterocycles. The molecule has 32 heavy (non-hydrogen) atoms. The largest absolute Gasteiger partial charge is 0.379 e. The lowest BCUT2D eigenvalue weighted by atomic mass is 10.0. The summed E-state index contributed by atoms with van der Waals surface area (Å²) in [6, 6.07) is 9.38. The number of hydrogen-bond acceptors (Lipinski definition) is 6. The fraction of sp³-hybridized carbons (Fsp3) is 0.381. The molecule has 1 amide bonds. The van der Waals surface area contributed by atoms with Gasteiger partial charge in [-0.1, -0.05) is 31.5 Å². The van der Waals surface area contributed by atoms with Gasteiger partial charge in [-0.2, -0.15) is 4.31 Å². The molecule has 0 radical (unpaired) electrons. The van der Waals surface area contributed by atoms with Gasteiger partial charge < -0.3 is 10.1 Å². The van der Waals surface area contributed by atoms with Crippen molar-refractivity contribution in [3.63, 3.8) is 0 Å². The molecule has 4 rings (SSSR count). The first-order valence-corrected chi connectivity index (χ1v) is 12.1. The second-order valence-electron chi connectivity index (χ2n) is 7.84. The molecule has 0 saturated carbocycles. The Kier molecular flexibility index (Phi) is 6.47. The van der Waals surface area contributed by atoms with Gasteiger partial charge in [0.25, 0.3) is 5.91 Å². The summed E-state index contributed by atoms with van der Waals surface area (Å²) in [5, 5.41) is 11.5. The summed E-state index contributed by atoms with van der Waals surface area (Å²) in [5.74, 6) is 0.181. The molecule has 1 fully saturated rings. The molecule has 3 heterocycles. The van der Waals surface area contributed by atoms with Crippen molar-refractivity contribution in [1.29, 1.82) is 0 Å². The van der Waals surface area contributed by atoms with E-state index < -0.39 is 22.0 Å². The number of morpholine rings is 1. The molecule has 0 aliphatic carbocycles. The van der Waals surface area contributed by atoms with Crippen LogP contribution >= 0.6 is 11.6 Å². The smallest absolute Gasteiger partial charge is 0.251 e. The van der Waals surface area contributed by atoms with Crippen molar-refractivity contribution in [1.82, 2.24) is 24.2 Å². The van der Waals surface area contributed by atoms with Crippen LogP contribution in [0, 0.1) is 5.92 Å². The van der Waals surface area contributed by atoms with E-state index in [1.54, 1.807) is 0 Å². The lowest BCUT2D eigenvalue weighted by molar-refractivity contribution is 0.0730. The predicted octanol–water partition coefficient (Wildman–Crippen LogP) is 2.53. The number of carbonyl (C=O) groups excluding carboxylic acids is 1. The summed E-state index contributed by atoms with van der Waals surface area (Å²) in [5.41, 5.74) is 0.869. The highest BCUT2D eigenvalue weighted by Crippen LogP contribution is 2.27. The van der Waals surface area contributed by atoms with Gasteiger partial charge in [0.1, 0.15) is 4.90 Å². The van der Waals surface area contributed by atoms with Gasteiger partial charge in [-0.05, 0) is 36.2 Å². The molecular weight excluding hydrogens is 454 g/mol. The van der Waals surface area contributed by atoms with Crippen LogP contribution in [0.5, 0.6) is 0 Å². The maximum absolute atomic E-state index is 13.1. The van der Waals surface area contributed by atoms with Crippen molar-refractivity contribution >= 4 is 33.2 Å². The van der Waals surface area contributed by atoms with Gasteiger partial charge in [0.05, 0.1) is 24.3 Å². The average Bonchev–Trinajstić information content (AvgIpc) is 3.21. The van der Waals surface area contributed by atoms with Crippen LogP contribution in [-0.4, -0.2) is 59.5 Å². The number of rotatable bonds is 6. The molecule has 1 aliphatic heterocycles. The normalized spacial score (nSPS) is 16.4. The Hall–Kier alpha value is -2.53. The number of benzene rings is 1. The Morgan fingerprint density at radius 1 is 1.16 bits per heavy atom. The summed E-state index contributed by atoms with van der Waals surface area (Å²) >= 11 is 6.22. The third-order valence-corrected chi connectivity index (χ3v) is 7.73. The number of fused-ring (bicyclic) bond motifs is 1. The molecule has 1 saturated heterocycles. The van der Waals surface area contributed by atoms with Gasteiger partial charge in [-0.25, -0.2) is 8.42 Å². The zero-order valence-electron chi connectivity index (χ0n) is 17.7. The highest BCUT2D eigenvalue weighted by atomic mass is 35.5. The van der Waals surface area contributed by atoms with Crippen molar-refractivity contribution in [3.05, 3.63) is 59.0 Å². The first-order valence-electron chi connectivity index (χ1n) is 10.3. The van der Waals surface area contributed by atoms with Gasteiger partial charge in [-0.15, -0.1) is 10.2 Å². The molecule has 3 aromatic rings. The van der Waals surface area contributed by atoms with Crippen LogP contribution in [0.3, 0.4) is 0 Å². The summed E-state index contributed by atoms with van der Waals surface area (Å²) in [4.78, 5) is 13.0. The number of aromatic nitrogens is 3. The van der Waals surface area contributed by atoms with Gasteiger partial charge in [0, 0.05) is 24.8 Å². The fourth-order valence-corrected chi connectivity index (χ4v) is 5.50. The molecule has 1 aromatic carbocycles. The Morgan fingerprint density at radius 2 is 1.91 bits per heavy atom. The highest BCUT2D eigenvalue weighted by molar-refractivity contribution is 7.89. The van der Waals surface area contributed by atoms with E-state index in [0.717, 1.165) is 0 Å². The van der Waals surface area contributed by atoms with Crippen LogP contribution in [-0.2, 0) is 14.8 Å². The third kappa shape index (κ3) is 4.36. The lowest BCUT2D eigenvalue weighted by Gasteiger charge is -2.26. The number of nitrogens with one attached hydrogen (secondary N) is 1. The van der Waals surface area contributed by atoms with Gasteiger partial charge in [-0.3, -0.25) is 9.20 Å². The summed E-state index contributed by atoms with van der Waals surface area (Å²) < 4.78 is 34.5. The highest BCUT2D eigenvalue weighted by Gasteiger charge is 2.30. The maximum Gasteiger partial charge on any atom is 0.251 e. The SMILES string of the molecule is CC(C)[C@@H](NC(=O)c1ccc(Cl)c(S(=O)(=O)N2CCOCC2)c1)c1nnc2ccccn12. The summed E-state index contributed by atoms with van der Waals surface area (Å²) in [7, 11) is -3.85. The van der Waals surface area contributed by atoms with Crippen molar-refractivity contribution < 1.29 is 17.9 Å². The first kappa shape index (κ1) is 22.7. The van der Waals surface area contributed by atoms with Crippen molar-refractivity contribution in [2.75, 3.05) is 26.3 Å². The first-order chi connectivity index (χ1) is 15.3.